The normalized spacial score (nSPS) is 11.4. The van der Waals surface area contributed by atoms with E-state index < -0.39 is 10.0 Å². The number of aryl methyl sites for hydroxylation is 1. The Morgan fingerprint density at radius 2 is 1.92 bits per heavy atom. The van der Waals surface area contributed by atoms with Crippen LogP contribution in [0.25, 0.3) is 11.3 Å². The van der Waals surface area contributed by atoms with E-state index in [1.165, 1.54) is 11.5 Å². The van der Waals surface area contributed by atoms with Gasteiger partial charge in [-0.2, -0.15) is 0 Å². The van der Waals surface area contributed by atoms with E-state index in [1.807, 2.05) is 30.5 Å². The summed E-state index contributed by atoms with van der Waals surface area (Å²) in [5.41, 5.74) is 2.94. The maximum absolute atomic E-state index is 12.7. The van der Waals surface area contributed by atoms with Crippen LogP contribution >= 0.6 is 27.5 Å². The van der Waals surface area contributed by atoms with Crippen LogP contribution < -0.4 is 4.72 Å². The van der Waals surface area contributed by atoms with E-state index in [4.69, 9.17) is 0 Å². The molecule has 124 valence electrons. The topological polar surface area (TPSA) is 72.0 Å². The van der Waals surface area contributed by atoms with Crippen LogP contribution in [-0.4, -0.2) is 18.0 Å². The summed E-state index contributed by atoms with van der Waals surface area (Å²) in [7, 11) is -3.64. The summed E-state index contributed by atoms with van der Waals surface area (Å²) in [5, 5.41) is 5.84. The van der Waals surface area contributed by atoms with Gasteiger partial charge in [-0.05, 0) is 53.8 Å². The lowest BCUT2D eigenvalue weighted by Gasteiger charge is -2.12. The first kappa shape index (κ1) is 17.1. The molecule has 0 saturated heterocycles. The Balaban J connectivity index is 1.87. The molecule has 8 heteroatoms. The third-order valence-electron chi connectivity index (χ3n) is 3.49. The molecule has 0 aliphatic rings. The lowest BCUT2D eigenvalue weighted by molar-refractivity contribution is 0.600. The van der Waals surface area contributed by atoms with Crippen LogP contribution in [0.2, 0.25) is 0 Å². The van der Waals surface area contributed by atoms with Crippen molar-refractivity contribution in [3.05, 3.63) is 57.9 Å². The number of nitrogens with zero attached hydrogens (tertiary/aromatic N) is 2. The zero-order valence-corrected chi connectivity index (χ0v) is 16.0. The molecular formula is C16H14BrN3O2S2. The van der Waals surface area contributed by atoms with Gasteiger partial charge in [0.05, 0.1) is 4.90 Å². The predicted octanol–water partition coefficient (Wildman–Crippen LogP) is 4.33. The zero-order chi connectivity index (χ0) is 17.2. The van der Waals surface area contributed by atoms with E-state index >= 15 is 0 Å². The molecule has 1 N–H and O–H groups in total. The third-order valence-corrected chi connectivity index (χ3v) is 5.97. The predicted molar refractivity (Wildman–Crippen MR) is 99.7 cm³/mol. The van der Waals surface area contributed by atoms with E-state index in [0.717, 1.165) is 21.3 Å². The van der Waals surface area contributed by atoms with E-state index in [9.17, 15) is 8.42 Å². The number of rotatable bonds is 5. The van der Waals surface area contributed by atoms with Crippen LogP contribution in [0.1, 0.15) is 12.5 Å². The molecule has 0 unspecified atom stereocenters. The molecule has 0 atom stereocenters. The van der Waals surface area contributed by atoms with Crippen LogP contribution in [0.4, 0.5) is 5.69 Å². The highest BCUT2D eigenvalue weighted by Gasteiger charge is 2.18. The molecule has 3 aromatic rings. The van der Waals surface area contributed by atoms with Gasteiger partial charge in [-0.1, -0.05) is 39.5 Å². The van der Waals surface area contributed by atoms with Gasteiger partial charge in [-0.25, -0.2) is 8.42 Å². The first-order chi connectivity index (χ1) is 11.5. The van der Waals surface area contributed by atoms with Crippen LogP contribution in [0.5, 0.6) is 0 Å². The summed E-state index contributed by atoms with van der Waals surface area (Å²) in [6.45, 7) is 1.93. The third kappa shape index (κ3) is 3.66. The monoisotopic (exact) mass is 423 g/mol. The van der Waals surface area contributed by atoms with Gasteiger partial charge in [0.2, 0.25) is 0 Å². The Hall–Kier alpha value is -1.77. The summed E-state index contributed by atoms with van der Waals surface area (Å²) in [5.74, 6) is 0. The van der Waals surface area contributed by atoms with Gasteiger partial charge in [0, 0.05) is 21.1 Å². The van der Waals surface area contributed by atoms with Gasteiger partial charge in [0.25, 0.3) is 10.0 Å². The second-order valence-electron chi connectivity index (χ2n) is 5.08. The van der Waals surface area contributed by atoms with Crippen LogP contribution in [0.15, 0.2) is 57.2 Å². The summed E-state index contributed by atoms with van der Waals surface area (Å²) >= 11 is 4.65. The molecule has 0 radical (unpaired) electrons. The molecule has 1 aromatic heterocycles. The summed E-state index contributed by atoms with van der Waals surface area (Å²) < 4.78 is 32.6. The second kappa shape index (κ2) is 7.00. The number of halogens is 1. The van der Waals surface area contributed by atoms with E-state index in [-0.39, 0.29) is 0 Å². The number of sulfonamides is 1. The van der Waals surface area contributed by atoms with E-state index in [0.29, 0.717) is 17.0 Å². The summed E-state index contributed by atoms with van der Waals surface area (Å²) in [4.78, 5) is 0.293. The number of nitrogens with one attached hydrogen (secondary N) is 1. The molecule has 0 aliphatic heterocycles. The zero-order valence-electron chi connectivity index (χ0n) is 12.7. The van der Waals surface area contributed by atoms with Gasteiger partial charge in [-0.15, -0.1) is 5.10 Å². The molecule has 24 heavy (non-hydrogen) atoms. The highest BCUT2D eigenvalue weighted by molar-refractivity contribution is 9.10. The molecular weight excluding hydrogens is 410 g/mol. The molecule has 0 saturated carbocycles. The Labute approximate surface area is 153 Å². The fraction of sp³-hybridized carbons (Fsp3) is 0.125. The number of hydrogen-bond donors (Lipinski definition) is 1. The molecule has 0 aliphatic carbocycles. The maximum atomic E-state index is 12.7. The number of benzene rings is 2. The summed E-state index contributed by atoms with van der Waals surface area (Å²) in [6, 6.07) is 12.2. The van der Waals surface area contributed by atoms with Crippen molar-refractivity contribution in [3.63, 3.8) is 0 Å². The quantitative estimate of drug-likeness (QED) is 0.662. The summed E-state index contributed by atoms with van der Waals surface area (Å²) in [6.07, 6.45) is 0.630. The van der Waals surface area contributed by atoms with Gasteiger partial charge < -0.3 is 0 Å². The number of hydrogen-bond acceptors (Lipinski definition) is 5. The highest BCUT2D eigenvalue weighted by atomic mass is 79.9. The molecule has 0 bridgehead atoms. The van der Waals surface area contributed by atoms with Crippen molar-refractivity contribution in [1.82, 2.24) is 9.59 Å². The minimum atomic E-state index is -3.64. The van der Waals surface area contributed by atoms with E-state index in [2.05, 4.69) is 30.2 Å². The minimum absolute atomic E-state index is 0.293. The van der Waals surface area contributed by atoms with Crippen LogP contribution in [0.3, 0.4) is 0 Å². The molecule has 5 nitrogen and oxygen atoms in total. The Bertz CT molecular complexity index is 940. The Morgan fingerprint density at radius 1 is 1.17 bits per heavy atom. The first-order valence-electron chi connectivity index (χ1n) is 7.18. The highest BCUT2D eigenvalue weighted by Crippen LogP contribution is 2.25. The van der Waals surface area contributed by atoms with Crippen molar-refractivity contribution < 1.29 is 8.42 Å². The molecule has 3 rings (SSSR count). The lowest BCUT2D eigenvalue weighted by Crippen LogP contribution is -2.14. The van der Waals surface area contributed by atoms with Gasteiger partial charge >= 0.3 is 0 Å². The van der Waals surface area contributed by atoms with Crippen molar-refractivity contribution in [2.75, 3.05) is 4.72 Å². The Kier molecular flexibility index (Phi) is 4.98. The van der Waals surface area contributed by atoms with Gasteiger partial charge in [0.15, 0.2) is 0 Å². The number of aromatic nitrogens is 2. The van der Waals surface area contributed by atoms with Crippen molar-refractivity contribution in [1.29, 1.82) is 0 Å². The molecule has 1 heterocycles. The van der Waals surface area contributed by atoms with Crippen molar-refractivity contribution >= 4 is 43.2 Å². The smallest absolute Gasteiger partial charge is 0.262 e. The largest absolute Gasteiger partial charge is 0.280 e. The fourth-order valence-corrected chi connectivity index (χ4v) is 4.52. The van der Waals surface area contributed by atoms with E-state index in [1.54, 1.807) is 24.3 Å². The second-order valence-corrected chi connectivity index (χ2v) is 8.25. The minimum Gasteiger partial charge on any atom is -0.280 e. The average molecular weight is 424 g/mol. The molecule has 0 amide bonds. The van der Waals surface area contributed by atoms with Crippen molar-refractivity contribution in [2.45, 2.75) is 18.2 Å². The first-order valence-corrected chi connectivity index (χ1v) is 10.3. The number of anilines is 1. The fourth-order valence-electron chi connectivity index (χ4n) is 2.30. The van der Waals surface area contributed by atoms with Crippen LogP contribution in [-0.2, 0) is 16.4 Å². The standard InChI is InChI=1S/C16H14BrN3O2S2/c1-2-11-9-13(17)5-8-16(11)24(21,22)19-14-6-3-12(4-7-14)15-10-23-20-18-15/h3-10,19H,2H2,1H3. The van der Waals surface area contributed by atoms with Crippen LogP contribution in [0, 0.1) is 0 Å². The molecule has 0 spiro atoms. The lowest BCUT2D eigenvalue weighted by atomic mass is 10.2. The molecule has 0 fully saturated rings. The van der Waals surface area contributed by atoms with Gasteiger partial charge in [0.1, 0.15) is 5.69 Å². The average Bonchev–Trinajstić information content (AvgIpc) is 3.09. The molecule has 2 aromatic carbocycles. The van der Waals surface area contributed by atoms with Crippen molar-refractivity contribution in [3.8, 4) is 11.3 Å². The van der Waals surface area contributed by atoms with Gasteiger partial charge in [-0.3, -0.25) is 4.72 Å². The Morgan fingerprint density at radius 3 is 2.54 bits per heavy atom. The SMILES string of the molecule is CCc1cc(Br)ccc1S(=O)(=O)Nc1ccc(-c2csnn2)cc1. The maximum Gasteiger partial charge on any atom is 0.262 e. The van der Waals surface area contributed by atoms with Crippen molar-refractivity contribution in [2.24, 2.45) is 0 Å².